The van der Waals surface area contributed by atoms with Crippen molar-refractivity contribution >= 4 is 27.3 Å². The average molecular weight is 439 g/mol. The summed E-state index contributed by atoms with van der Waals surface area (Å²) in [7, 11) is -2.14. The van der Waals surface area contributed by atoms with Gasteiger partial charge in [-0.1, -0.05) is 24.3 Å². The van der Waals surface area contributed by atoms with Gasteiger partial charge in [0.05, 0.1) is 24.1 Å². The average Bonchev–Trinajstić information content (AvgIpc) is 2.87. The number of rotatable bonds is 6. The van der Waals surface area contributed by atoms with Gasteiger partial charge in [-0.3, -0.25) is 9.52 Å². The van der Waals surface area contributed by atoms with Crippen LogP contribution < -0.4 is 19.1 Å². The fraction of sp³-hybridized carbons (Fsp3) is 0.174. The van der Waals surface area contributed by atoms with Crippen LogP contribution in [0.25, 0.3) is 0 Å². The van der Waals surface area contributed by atoms with Crippen LogP contribution in [0, 0.1) is 0 Å². The maximum absolute atomic E-state index is 13.2. The Bertz CT molecular complexity index is 1220. The lowest BCUT2D eigenvalue weighted by molar-refractivity contribution is 0.0988. The molecule has 0 fully saturated rings. The Kier molecular flexibility index (Phi) is 5.56. The van der Waals surface area contributed by atoms with Gasteiger partial charge in [-0.05, 0) is 55.0 Å². The number of sulfonamides is 1. The summed E-state index contributed by atoms with van der Waals surface area (Å²) in [6.07, 6.45) is 0. The minimum Gasteiger partial charge on any atom is -0.497 e. The Labute approximate surface area is 181 Å². The van der Waals surface area contributed by atoms with E-state index in [0.717, 1.165) is 0 Å². The second-order valence-corrected chi connectivity index (χ2v) is 8.76. The van der Waals surface area contributed by atoms with Crippen LogP contribution in [0.5, 0.6) is 17.2 Å². The highest BCUT2D eigenvalue weighted by Crippen LogP contribution is 2.39. The van der Waals surface area contributed by atoms with Crippen LogP contribution in [0.1, 0.15) is 22.8 Å². The monoisotopic (exact) mass is 438 g/mol. The molecule has 1 aliphatic heterocycles. The normalized spacial score (nSPS) is 13.0. The number of fused-ring (bicyclic) bond motifs is 2. The van der Waals surface area contributed by atoms with Gasteiger partial charge in [0, 0.05) is 12.2 Å². The number of nitrogens with zero attached hydrogens (tertiary/aromatic N) is 1. The smallest absolute Gasteiger partial charge is 0.262 e. The number of nitrogens with one attached hydrogen (secondary N) is 1. The molecule has 0 unspecified atom stereocenters. The third-order valence-electron chi connectivity index (χ3n) is 4.94. The topological polar surface area (TPSA) is 84.9 Å². The molecule has 3 aromatic carbocycles. The first-order valence-electron chi connectivity index (χ1n) is 9.76. The van der Waals surface area contributed by atoms with Crippen molar-refractivity contribution in [2.75, 3.05) is 23.3 Å². The molecule has 0 aliphatic carbocycles. The van der Waals surface area contributed by atoms with Crippen LogP contribution >= 0.6 is 0 Å². The largest absolute Gasteiger partial charge is 0.497 e. The maximum Gasteiger partial charge on any atom is 0.262 e. The Hall–Kier alpha value is -3.52. The molecule has 0 spiro atoms. The highest BCUT2D eigenvalue weighted by molar-refractivity contribution is 7.91. The third kappa shape index (κ3) is 4.34. The van der Waals surface area contributed by atoms with Gasteiger partial charge in [0.15, 0.2) is 5.75 Å². The molecule has 7 nitrogen and oxygen atoms in total. The SMILES string of the molecule is CCN1C(=O)c2cc(NS(=O)(=O)Cc3ccc(OC)cc3)ccc2Oc2ccccc21. The van der Waals surface area contributed by atoms with Crippen molar-refractivity contribution in [1.82, 2.24) is 0 Å². The standard InChI is InChI=1S/C23H22N2O5S/c1-3-25-20-6-4-5-7-22(20)30-21-13-10-17(14-19(21)23(25)26)24-31(27,28)15-16-8-11-18(29-2)12-9-16/h4-14,24H,3,15H2,1-2H3. The molecule has 1 heterocycles. The molecule has 31 heavy (non-hydrogen) atoms. The van der Waals surface area contributed by atoms with E-state index >= 15 is 0 Å². The first kappa shape index (κ1) is 20.7. The van der Waals surface area contributed by atoms with E-state index in [0.29, 0.717) is 46.3 Å². The number of ether oxygens (including phenoxy) is 2. The molecule has 4 rings (SSSR count). The highest BCUT2D eigenvalue weighted by atomic mass is 32.2. The van der Waals surface area contributed by atoms with Crippen LogP contribution in [-0.2, 0) is 15.8 Å². The van der Waals surface area contributed by atoms with Crippen LogP contribution in [0.3, 0.4) is 0 Å². The van der Waals surface area contributed by atoms with Crippen molar-refractivity contribution in [1.29, 1.82) is 0 Å². The first-order chi connectivity index (χ1) is 14.9. The molecule has 1 amide bonds. The highest BCUT2D eigenvalue weighted by Gasteiger charge is 2.27. The fourth-order valence-electron chi connectivity index (χ4n) is 3.46. The lowest BCUT2D eigenvalue weighted by atomic mass is 10.1. The number of benzene rings is 3. The Morgan fingerprint density at radius 1 is 1.00 bits per heavy atom. The van der Waals surface area contributed by atoms with Crippen LogP contribution in [-0.4, -0.2) is 28.0 Å². The van der Waals surface area contributed by atoms with Gasteiger partial charge < -0.3 is 14.4 Å². The first-order valence-corrected chi connectivity index (χ1v) is 11.4. The van der Waals surface area contributed by atoms with E-state index in [2.05, 4.69) is 4.72 Å². The van der Waals surface area contributed by atoms with Gasteiger partial charge in [0.25, 0.3) is 5.91 Å². The van der Waals surface area contributed by atoms with E-state index < -0.39 is 10.0 Å². The Balaban J connectivity index is 1.61. The summed E-state index contributed by atoms with van der Waals surface area (Å²) in [6, 6.07) is 18.8. The van der Waals surface area contributed by atoms with Crippen molar-refractivity contribution in [2.45, 2.75) is 12.7 Å². The molecule has 160 valence electrons. The number of amides is 1. The number of hydrogen-bond acceptors (Lipinski definition) is 5. The van der Waals surface area contributed by atoms with Crippen LogP contribution in [0.15, 0.2) is 66.7 Å². The molecular formula is C23H22N2O5S. The van der Waals surface area contributed by atoms with E-state index in [9.17, 15) is 13.2 Å². The molecule has 0 atom stereocenters. The summed E-state index contributed by atoms with van der Waals surface area (Å²) in [4.78, 5) is 14.8. The van der Waals surface area contributed by atoms with E-state index in [1.165, 1.54) is 6.07 Å². The van der Waals surface area contributed by atoms with E-state index in [1.807, 2.05) is 25.1 Å². The summed E-state index contributed by atoms with van der Waals surface area (Å²) in [6.45, 7) is 2.33. The summed E-state index contributed by atoms with van der Waals surface area (Å²) in [5.41, 5.74) is 1.89. The fourth-order valence-corrected chi connectivity index (χ4v) is 4.65. The zero-order chi connectivity index (χ0) is 22.0. The second kappa shape index (κ2) is 8.31. The van der Waals surface area contributed by atoms with Crippen molar-refractivity contribution in [3.05, 3.63) is 77.9 Å². The van der Waals surface area contributed by atoms with Gasteiger partial charge in [-0.15, -0.1) is 0 Å². The van der Waals surface area contributed by atoms with Gasteiger partial charge in [-0.25, -0.2) is 8.42 Å². The van der Waals surface area contributed by atoms with Crippen molar-refractivity contribution in [3.8, 4) is 17.2 Å². The predicted octanol–water partition coefficient (Wildman–Crippen LogP) is 4.41. The van der Waals surface area contributed by atoms with Crippen LogP contribution in [0.2, 0.25) is 0 Å². The minimum atomic E-state index is -3.69. The molecule has 0 saturated carbocycles. The molecule has 0 radical (unpaired) electrons. The molecule has 3 aromatic rings. The molecule has 0 bridgehead atoms. The van der Waals surface area contributed by atoms with Gasteiger partial charge in [-0.2, -0.15) is 0 Å². The number of methoxy groups -OCH3 is 1. The predicted molar refractivity (Wildman–Crippen MR) is 120 cm³/mol. The van der Waals surface area contributed by atoms with Gasteiger partial charge in [0.2, 0.25) is 10.0 Å². The third-order valence-corrected chi connectivity index (χ3v) is 6.20. The maximum atomic E-state index is 13.2. The molecule has 0 saturated heterocycles. The Morgan fingerprint density at radius 2 is 1.74 bits per heavy atom. The second-order valence-electron chi connectivity index (χ2n) is 7.04. The number of carbonyl (C=O) groups excluding carboxylic acids is 1. The van der Waals surface area contributed by atoms with E-state index in [-0.39, 0.29) is 11.7 Å². The van der Waals surface area contributed by atoms with Crippen molar-refractivity contribution in [3.63, 3.8) is 0 Å². The number of hydrogen-bond donors (Lipinski definition) is 1. The Morgan fingerprint density at radius 3 is 2.45 bits per heavy atom. The summed E-state index contributed by atoms with van der Waals surface area (Å²) in [5, 5.41) is 0. The summed E-state index contributed by atoms with van der Waals surface area (Å²) >= 11 is 0. The van der Waals surface area contributed by atoms with Crippen molar-refractivity contribution in [2.24, 2.45) is 0 Å². The summed E-state index contributed by atoms with van der Waals surface area (Å²) < 4.78 is 39.0. The molecule has 8 heteroatoms. The lowest BCUT2D eigenvalue weighted by Crippen LogP contribution is -2.29. The molecule has 1 aliphatic rings. The molecule has 0 aromatic heterocycles. The zero-order valence-corrected chi connectivity index (χ0v) is 18.0. The van der Waals surface area contributed by atoms with E-state index in [1.54, 1.807) is 54.5 Å². The van der Waals surface area contributed by atoms with Gasteiger partial charge >= 0.3 is 0 Å². The van der Waals surface area contributed by atoms with Gasteiger partial charge in [0.1, 0.15) is 11.5 Å². The summed E-state index contributed by atoms with van der Waals surface area (Å²) in [5.74, 6) is 1.15. The molecule has 1 N–H and O–H groups in total. The number of anilines is 2. The lowest BCUT2D eigenvalue weighted by Gasteiger charge is -2.20. The quantitative estimate of drug-likeness (QED) is 0.616. The zero-order valence-electron chi connectivity index (χ0n) is 17.2. The van der Waals surface area contributed by atoms with Crippen LogP contribution in [0.4, 0.5) is 11.4 Å². The van der Waals surface area contributed by atoms with E-state index in [4.69, 9.17) is 9.47 Å². The minimum absolute atomic E-state index is 0.203. The number of carbonyl (C=O) groups is 1. The molecular weight excluding hydrogens is 416 g/mol. The van der Waals surface area contributed by atoms with Crippen molar-refractivity contribution < 1.29 is 22.7 Å². The number of para-hydroxylation sites is 2.